The molecule has 4 aromatic carbocycles. The van der Waals surface area contributed by atoms with Crippen molar-refractivity contribution in [2.45, 2.75) is 47.0 Å². The second-order valence-electron chi connectivity index (χ2n) is 10.4. The molecule has 0 saturated carbocycles. The number of rotatable bonds is 2. The van der Waals surface area contributed by atoms with Gasteiger partial charge in [0.15, 0.2) is 0 Å². The Hall–Kier alpha value is -1.73. The van der Waals surface area contributed by atoms with Crippen LogP contribution in [0.2, 0.25) is 10.0 Å². The molecule has 0 nitrogen and oxygen atoms in total. The fraction of sp³-hybridized carbons (Fsp3) is 0.237. The molecule has 5 heteroatoms. The Bertz CT molecular complexity index is 1280. The average molecular weight is 730 g/mol. The number of allylic oxidation sites excluding steroid dienone is 4. The van der Waals surface area contributed by atoms with Gasteiger partial charge in [-0.1, -0.05) is 97.3 Å². The van der Waals surface area contributed by atoms with Crippen molar-refractivity contribution in [2.75, 3.05) is 0 Å². The van der Waals surface area contributed by atoms with Gasteiger partial charge in [0.25, 0.3) is 0 Å². The van der Waals surface area contributed by atoms with Crippen LogP contribution in [0.4, 0.5) is 0 Å². The molecular weight excluding hydrogens is 689 g/mol. The van der Waals surface area contributed by atoms with Crippen LogP contribution in [0.25, 0.3) is 11.1 Å². The molecule has 0 N–H and O–H groups in total. The van der Waals surface area contributed by atoms with Crippen molar-refractivity contribution >= 4 is 52.2 Å². The summed E-state index contributed by atoms with van der Waals surface area (Å²) in [5.74, 6) is 0.587. The summed E-state index contributed by atoms with van der Waals surface area (Å²) in [6.45, 7) is 8.99. The predicted molar refractivity (Wildman–Crippen MR) is 189 cm³/mol. The van der Waals surface area contributed by atoms with Crippen LogP contribution in [-0.2, 0) is 30.7 Å². The molecule has 0 spiro atoms. The third-order valence-corrected chi connectivity index (χ3v) is 6.72. The first-order valence-corrected chi connectivity index (χ1v) is 16.3. The number of fused-ring (bicyclic) bond motifs is 3. The van der Waals surface area contributed by atoms with Crippen molar-refractivity contribution in [1.82, 2.24) is 0 Å². The number of hydrogen-bond acceptors (Lipinski definition) is 0. The van der Waals surface area contributed by atoms with E-state index in [0.29, 0.717) is 11.3 Å². The molecule has 2 aliphatic carbocycles. The molecule has 228 valence electrons. The minimum absolute atomic E-state index is 0. The Morgan fingerprint density at radius 1 is 0.814 bits per heavy atom. The molecule has 0 amide bonds. The topological polar surface area (TPSA) is 0 Å². The van der Waals surface area contributed by atoms with E-state index in [0.717, 1.165) is 16.5 Å². The molecule has 0 bridgehead atoms. The molecule has 4 aromatic rings. The summed E-state index contributed by atoms with van der Waals surface area (Å²) in [6.07, 6.45) is 11.5. The first kappa shape index (κ1) is 41.3. The molecule has 43 heavy (non-hydrogen) atoms. The summed E-state index contributed by atoms with van der Waals surface area (Å²) in [6, 6.07) is 38.2. The second-order valence-corrected chi connectivity index (χ2v) is 11.3. The molecule has 2 aliphatic rings. The van der Waals surface area contributed by atoms with Crippen LogP contribution in [-0.4, -0.2) is 4.21 Å². The van der Waals surface area contributed by atoms with Gasteiger partial charge >= 0.3 is 28.4 Å². The predicted octanol–water partition coefficient (Wildman–Crippen LogP) is 11.9. The summed E-state index contributed by atoms with van der Waals surface area (Å²) >= 11 is 12.3. The van der Waals surface area contributed by atoms with Gasteiger partial charge in [0.05, 0.1) is 0 Å². The summed E-state index contributed by atoms with van der Waals surface area (Å²) in [5, 5.41) is 1.48. The maximum atomic E-state index is 5.51. The van der Waals surface area contributed by atoms with Gasteiger partial charge in [-0.15, -0.1) is 30.4 Å². The zero-order valence-corrected chi connectivity index (χ0v) is 30.9. The van der Waals surface area contributed by atoms with E-state index in [1.807, 2.05) is 42.5 Å². The van der Waals surface area contributed by atoms with Gasteiger partial charge in [-0.05, 0) is 6.42 Å². The Labute approximate surface area is 297 Å². The number of benzene rings is 4. The second kappa shape index (κ2) is 22.7. The number of hydrogen-bond donors (Lipinski definition) is 0. The van der Waals surface area contributed by atoms with Crippen LogP contribution in [0, 0.1) is 35.6 Å². The maximum absolute atomic E-state index is 5.51. The largest absolute Gasteiger partial charge is 0.179 e. The molecule has 0 radical (unpaired) electrons. The normalized spacial score (nSPS) is 13.0. The van der Waals surface area contributed by atoms with Crippen LogP contribution in [0.15, 0.2) is 109 Å². The smallest absolute Gasteiger partial charge is 0.0253 e. The molecule has 0 saturated heterocycles. The van der Waals surface area contributed by atoms with Crippen LogP contribution >= 0.6 is 48.0 Å². The average Bonchev–Trinajstić information content (AvgIpc) is 3.62. The Balaban J connectivity index is 0.000000546. The Kier molecular flexibility index (Phi) is 21.8. The monoisotopic (exact) mass is 726 g/mol. The van der Waals surface area contributed by atoms with E-state index in [1.54, 1.807) is 12.1 Å². The first-order valence-electron chi connectivity index (χ1n) is 13.8. The molecule has 1 unspecified atom stereocenters. The van der Waals surface area contributed by atoms with Gasteiger partial charge in [-0.2, -0.15) is 125 Å². The van der Waals surface area contributed by atoms with Crippen LogP contribution in [0.3, 0.4) is 0 Å². The SMILES string of the molecule is CCCC1[C-]=CC(C(C)(C)C)=C1.Cl.Cl.Clc1c[c-]ccc1.Clc1c[c-]ccc1.[CH2]=[Zr].[c-]1cccc2c1Cc1ccccc1-2. The van der Waals surface area contributed by atoms with Crippen molar-refractivity contribution in [3.8, 4) is 11.1 Å². The van der Waals surface area contributed by atoms with Gasteiger partial charge in [0.1, 0.15) is 0 Å². The van der Waals surface area contributed by atoms with Gasteiger partial charge in [-0.25, -0.2) is 6.08 Å². The van der Waals surface area contributed by atoms with Crippen molar-refractivity contribution < 1.29 is 24.2 Å². The molecular formula is C38H40Cl4Zr-4. The molecule has 0 aliphatic heterocycles. The molecule has 1 atom stereocenters. The van der Waals surface area contributed by atoms with Crippen molar-refractivity contribution in [1.29, 1.82) is 0 Å². The summed E-state index contributed by atoms with van der Waals surface area (Å²) < 4.78 is 3.34. The molecule has 0 heterocycles. The van der Waals surface area contributed by atoms with Crippen LogP contribution in [0.5, 0.6) is 0 Å². The first-order chi connectivity index (χ1) is 19.8. The summed E-state index contributed by atoms with van der Waals surface area (Å²) in [4.78, 5) is 0. The van der Waals surface area contributed by atoms with Crippen molar-refractivity contribution in [3.63, 3.8) is 0 Å². The minimum atomic E-state index is 0. The van der Waals surface area contributed by atoms with Gasteiger partial charge in [0.2, 0.25) is 0 Å². The van der Waals surface area contributed by atoms with Gasteiger partial charge in [0, 0.05) is 0 Å². The third kappa shape index (κ3) is 15.2. The van der Waals surface area contributed by atoms with Crippen LogP contribution in [0.1, 0.15) is 51.7 Å². The fourth-order valence-electron chi connectivity index (χ4n) is 4.19. The fourth-order valence-corrected chi connectivity index (χ4v) is 4.47. The van der Waals surface area contributed by atoms with E-state index in [4.69, 9.17) is 23.2 Å². The van der Waals surface area contributed by atoms with Crippen molar-refractivity contribution in [3.05, 3.63) is 154 Å². The molecule has 0 fully saturated rings. The van der Waals surface area contributed by atoms with Crippen LogP contribution < -0.4 is 0 Å². The summed E-state index contributed by atoms with van der Waals surface area (Å²) in [7, 11) is 0. The van der Waals surface area contributed by atoms with E-state index < -0.39 is 0 Å². The molecule has 6 rings (SSSR count). The Morgan fingerprint density at radius 2 is 1.37 bits per heavy atom. The van der Waals surface area contributed by atoms with Gasteiger partial charge < -0.3 is 0 Å². The zero-order chi connectivity index (χ0) is 30.1. The zero-order valence-electron chi connectivity index (χ0n) is 25.3. The van der Waals surface area contributed by atoms with E-state index in [-0.39, 0.29) is 24.8 Å². The third-order valence-electron chi connectivity index (χ3n) is 6.25. The van der Waals surface area contributed by atoms with E-state index in [9.17, 15) is 0 Å². The Morgan fingerprint density at radius 3 is 1.84 bits per heavy atom. The number of halogens is 4. The van der Waals surface area contributed by atoms with E-state index in [1.165, 1.54) is 64.9 Å². The maximum Gasteiger partial charge on any atom is -0.0253 e. The standard InChI is InChI=1S/C13H9.C12H19.2C6H4Cl.CH2.2ClH.Zr/c1-3-7-12-10(5-1)9-11-6-2-4-8-13(11)12;1-5-6-10-7-8-11(9-10)12(2,3)4;2*7-6-4-2-1-3-5-6;;;;/h1-5,7-8H,9H2;8-10H,5-6H2,1-4H3;2*1-2,4-5H;1H2;2*1H;/q4*-1;;;;. The van der Waals surface area contributed by atoms with Crippen molar-refractivity contribution in [2.24, 2.45) is 11.3 Å². The van der Waals surface area contributed by atoms with E-state index in [2.05, 4.69) is 105 Å². The van der Waals surface area contributed by atoms with E-state index >= 15 is 0 Å². The van der Waals surface area contributed by atoms with Gasteiger partial charge in [-0.3, -0.25) is 6.08 Å². The molecule has 0 aromatic heterocycles. The quantitative estimate of drug-likeness (QED) is 0.159. The minimum Gasteiger partial charge on any atom is -0.179 e. The summed E-state index contributed by atoms with van der Waals surface area (Å²) in [5.41, 5.74) is 7.26.